The lowest BCUT2D eigenvalue weighted by molar-refractivity contribution is 0.0956. The zero-order valence-electron chi connectivity index (χ0n) is 16.7. The van der Waals surface area contributed by atoms with Crippen molar-refractivity contribution in [3.8, 4) is 22.1 Å². The number of aromatic nitrogens is 4. The first-order valence-electron chi connectivity index (χ1n) is 9.37. The van der Waals surface area contributed by atoms with Gasteiger partial charge < -0.3 is 10.1 Å². The molecule has 0 saturated heterocycles. The number of aryl methyl sites for hydroxylation is 1. The molecule has 0 fully saturated rings. The number of amides is 1. The first kappa shape index (κ1) is 20.0. The van der Waals surface area contributed by atoms with Crippen LogP contribution in [0.25, 0.3) is 16.4 Å². The summed E-state index contributed by atoms with van der Waals surface area (Å²) in [7, 11) is 1.64. The highest BCUT2D eigenvalue weighted by atomic mass is 32.1. The third kappa shape index (κ3) is 4.22. The van der Waals surface area contributed by atoms with Gasteiger partial charge in [0.15, 0.2) is 0 Å². The van der Waals surface area contributed by atoms with E-state index in [0.29, 0.717) is 27.8 Å². The molecule has 0 spiro atoms. The van der Waals surface area contributed by atoms with Crippen LogP contribution in [0.1, 0.15) is 47.2 Å². The number of methoxy groups -OCH3 is 1. The molecule has 28 heavy (non-hydrogen) atoms. The molecule has 148 valence electrons. The van der Waals surface area contributed by atoms with Gasteiger partial charge in [0.1, 0.15) is 21.3 Å². The molecular weight excluding hydrogens is 374 g/mol. The van der Waals surface area contributed by atoms with Crippen molar-refractivity contribution in [1.82, 2.24) is 25.3 Å². The van der Waals surface area contributed by atoms with Gasteiger partial charge in [0.05, 0.1) is 24.2 Å². The Kier molecular flexibility index (Phi) is 6.41. The maximum atomic E-state index is 12.5. The van der Waals surface area contributed by atoms with Crippen LogP contribution in [0.2, 0.25) is 0 Å². The van der Waals surface area contributed by atoms with Crippen molar-refractivity contribution in [2.24, 2.45) is 0 Å². The summed E-state index contributed by atoms with van der Waals surface area (Å²) in [6.45, 7) is 6.62. The van der Waals surface area contributed by atoms with Crippen LogP contribution in [0.3, 0.4) is 0 Å². The fourth-order valence-corrected chi connectivity index (χ4v) is 3.88. The lowest BCUT2D eigenvalue weighted by atomic mass is 10.2. The third-order valence-corrected chi connectivity index (χ3v) is 5.65. The molecule has 0 radical (unpaired) electrons. The quantitative estimate of drug-likeness (QED) is 0.580. The van der Waals surface area contributed by atoms with E-state index in [4.69, 9.17) is 4.74 Å². The lowest BCUT2D eigenvalue weighted by Gasteiger charge is -2.04. The van der Waals surface area contributed by atoms with Gasteiger partial charge in [-0.2, -0.15) is 0 Å². The minimum absolute atomic E-state index is 0.0717. The average Bonchev–Trinajstić information content (AvgIpc) is 3.27. The predicted molar refractivity (Wildman–Crippen MR) is 110 cm³/mol. The van der Waals surface area contributed by atoms with Crippen LogP contribution >= 0.6 is 11.3 Å². The summed E-state index contributed by atoms with van der Waals surface area (Å²) in [5.41, 5.74) is 3.16. The molecule has 7 nitrogen and oxygen atoms in total. The highest BCUT2D eigenvalue weighted by Gasteiger charge is 2.20. The Labute approximate surface area is 168 Å². The van der Waals surface area contributed by atoms with Gasteiger partial charge in [-0.15, -0.1) is 16.4 Å². The van der Waals surface area contributed by atoms with Crippen molar-refractivity contribution in [3.63, 3.8) is 0 Å². The lowest BCUT2D eigenvalue weighted by Crippen LogP contribution is -2.24. The van der Waals surface area contributed by atoms with Gasteiger partial charge in [-0.05, 0) is 44.5 Å². The Balaban J connectivity index is 1.81. The Morgan fingerprint density at radius 3 is 2.64 bits per heavy atom. The predicted octanol–water partition coefficient (Wildman–Crippen LogP) is 3.94. The molecule has 0 atom stereocenters. The minimum Gasteiger partial charge on any atom is -0.497 e. The normalized spacial score (nSPS) is 10.9. The maximum Gasteiger partial charge on any atom is 0.263 e. The second-order valence-electron chi connectivity index (χ2n) is 6.53. The average molecular weight is 400 g/mol. The van der Waals surface area contributed by atoms with Crippen LogP contribution in [-0.2, 0) is 0 Å². The molecule has 3 aromatic rings. The summed E-state index contributed by atoms with van der Waals surface area (Å²) >= 11 is 1.35. The highest BCUT2D eigenvalue weighted by Crippen LogP contribution is 2.29. The number of rotatable bonds is 8. The van der Waals surface area contributed by atoms with Crippen LogP contribution in [0.4, 0.5) is 0 Å². The molecule has 0 bridgehead atoms. The summed E-state index contributed by atoms with van der Waals surface area (Å²) < 4.78 is 6.96. The van der Waals surface area contributed by atoms with Crippen molar-refractivity contribution >= 4 is 17.2 Å². The van der Waals surface area contributed by atoms with E-state index in [2.05, 4.69) is 27.5 Å². The molecule has 1 aromatic carbocycles. The van der Waals surface area contributed by atoms with E-state index in [9.17, 15) is 4.79 Å². The van der Waals surface area contributed by atoms with Crippen molar-refractivity contribution in [2.75, 3.05) is 13.7 Å². The van der Waals surface area contributed by atoms with Gasteiger partial charge in [-0.1, -0.05) is 25.0 Å². The van der Waals surface area contributed by atoms with Crippen LogP contribution < -0.4 is 10.1 Å². The zero-order valence-corrected chi connectivity index (χ0v) is 17.5. The minimum atomic E-state index is -0.0717. The standard InChI is InChI=1S/C20H25N5O2S/c1-5-6-7-12-21-19(26)18-13(2)22-20(28-18)17-14(3)25(24-23-17)15-8-10-16(27-4)11-9-15/h8-11H,5-7,12H2,1-4H3,(H,21,26). The first-order valence-corrected chi connectivity index (χ1v) is 10.2. The fraction of sp³-hybridized carbons (Fsp3) is 0.400. The van der Waals surface area contributed by atoms with E-state index >= 15 is 0 Å². The van der Waals surface area contributed by atoms with Crippen LogP contribution in [0.5, 0.6) is 5.75 Å². The Morgan fingerprint density at radius 2 is 1.96 bits per heavy atom. The zero-order chi connectivity index (χ0) is 20.1. The van der Waals surface area contributed by atoms with Gasteiger partial charge in [-0.25, -0.2) is 9.67 Å². The van der Waals surface area contributed by atoms with Crippen molar-refractivity contribution in [1.29, 1.82) is 0 Å². The number of benzene rings is 1. The van der Waals surface area contributed by atoms with E-state index in [1.807, 2.05) is 38.1 Å². The van der Waals surface area contributed by atoms with Gasteiger partial charge >= 0.3 is 0 Å². The molecule has 2 aromatic heterocycles. The van der Waals surface area contributed by atoms with Gasteiger partial charge in [0.25, 0.3) is 5.91 Å². The smallest absolute Gasteiger partial charge is 0.263 e. The van der Waals surface area contributed by atoms with E-state index in [1.165, 1.54) is 11.3 Å². The van der Waals surface area contributed by atoms with E-state index in [1.54, 1.807) is 11.8 Å². The molecule has 1 N–H and O–H groups in total. The first-order chi connectivity index (χ1) is 13.5. The fourth-order valence-electron chi connectivity index (χ4n) is 2.86. The molecule has 0 aliphatic carbocycles. The van der Waals surface area contributed by atoms with Crippen LogP contribution in [0, 0.1) is 13.8 Å². The van der Waals surface area contributed by atoms with Crippen molar-refractivity contribution in [3.05, 3.63) is 40.5 Å². The number of hydrogen-bond acceptors (Lipinski definition) is 6. The Morgan fingerprint density at radius 1 is 1.21 bits per heavy atom. The number of nitrogens with zero attached hydrogens (tertiary/aromatic N) is 4. The molecule has 1 amide bonds. The number of nitrogens with one attached hydrogen (secondary N) is 1. The topological polar surface area (TPSA) is 81.9 Å². The van der Waals surface area contributed by atoms with Crippen molar-refractivity contribution in [2.45, 2.75) is 40.0 Å². The van der Waals surface area contributed by atoms with Crippen LogP contribution in [-0.4, -0.2) is 39.5 Å². The largest absolute Gasteiger partial charge is 0.497 e. The Bertz CT molecular complexity index is 946. The molecule has 0 unspecified atom stereocenters. The Hall–Kier alpha value is -2.74. The molecular formula is C20H25N5O2S. The highest BCUT2D eigenvalue weighted by molar-refractivity contribution is 7.17. The summed E-state index contributed by atoms with van der Waals surface area (Å²) in [5, 5.41) is 12.2. The monoisotopic (exact) mass is 399 g/mol. The van der Waals surface area contributed by atoms with Gasteiger partial charge in [0.2, 0.25) is 0 Å². The number of unbranched alkanes of at least 4 members (excludes halogenated alkanes) is 2. The van der Waals surface area contributed by atoms with E-state index < -0.39 is 0 Å². The molecule has 0 aliphatic rings. The van der Waals surface area contributed by atoms with Crippen LogP contribution in [0.15, 0.2) is 24.3 Å². The molecule has 2 heterocycles. The number of ether oxygens (including phenoxy) is 1. The third-order valence-electron chi connectivity index (χ3n) is 4.48. The summed E-state index contributed by atoms with van der Waals surface area (Å²) in [6, 6.07) is 7.61. The number of thiazole rings is 1. The molecule has 0 aliphatic heterocycles. The number of hydrogen-bond donors (Lipinski definition) is 1. The molecule has 3 rings (SSSR count). The van der Waals surface area contributed by atoms with Gasteiger partial charge in [0, 0.05) is 6.54 Å². The second kappa shape index (κ2) is 8.97. The summed E-state index contributed by atoms with van der Waals surface area (Å²) in [6.07, 6.45) is 3.23. The number of carbonyl (C=O) groups is 1. The summed E-state index contributed by atoms with van der Waals surface area (Å²) in [4.78, 5) is 17.6. The molecule has 8 heteroatoms. The van der Waals surface area contributed by atoms with Gasteiger partial charge in [-0.3, -0.25) is 4.79 Å². The van der Waals surface area contributed by atoms with E-state index in [0.717, 1.165) is 36.4 Å². The number of carbonyl (C=O) groups excluding carboxylic acids is 1. The SMILES string of the molecule is CCCCCNC(=O)c1sc(-c2nnn(-c3ccc(OC)cc3)c2C)nc1C. The van der Waals surface area contributed by atoms with Crippen molar-refractivity contribution < 1.29 is 9.53 Å². The maximum absolute atomic E-state index is 12.5. The summed E-state index contributed by atoms with van der Waals surface area (Å²) in [5.74, 6) is 0.712. The molecule has 0 saturated carbocycles. The van der Waals surface area contributed by atoms with E-state index in [-0.39, 0.29) is 5.91 Å². The second-order valence-corrected chi connectivity index (χ2v) is 7.53.